The van der Waals surface area contributed by atoms with Crippen molar-refractivity contribution in [3.63, 3.8) is 0 Å². The van der Waals surface area contributed by atoms with E-state index in [2.05, 4.69) is 4.74 Å². The zero-order chi connectivity index (χ0) is 12.2. The predicted molar refractivity (Wildman–Crippen MR) is 56.3 cm³/mol. The molecule has 0 aliphatic rings. The molecule has 5 nitrogen and oxygen atoms in total. The molecule has 0 aliphatic carbocycles. The normalized spacial score (nSPS) is 9.25. The summed E-state index contributed by atoms with van der Waals surface area (Å²) in [6, 6.07) is 1.85. The summed E-state index contributed by atoms with van der Waals surface area (Å²) in [5.41, 5.74) is 0. The highest BCUT2D eigenvalue weighted by Gasteiger charge is 2.08. The van der Waals surface area contributed by atoms with Gasteiger partial charge in [0.2, 0.25) is 0 Å². The van der Waals surface area contributed by atoms with E-state index in [-0.39, 0.29) is 31.8 Å². The van der Waals surface area contributed by atoms with Crippen molar-refractivity contribution in [2.75, 3.05) is 13.2 Å². The van der Waals surface area contributed by atoms with Gasteiger partial charge in [-0.2, -0.15) is 5.26 Å². The van der Waals surface area contributed by atoms with Crippen molar-refractivity contribution >= 4 is 11.9 Å². The van der Waals surface area contributed by atoms with Crippen molar-refractivity contribution in [2.24, 2.45) is 0 Å². The van der Waals surface area contributed by atoms with Gasteiger partial charge in [-0.1, -0.05) is 13.3 Å². The number of hydrogen-bond acceptors (Lipinski definition) is 5. The van der Waals surface area contributed by atoms with E-state index in [1.165, 1.54) is 0 Å². The maximum Gasteiger partial charge on any atom is 0.306 e. The Labute approximate surface area is 95.3 Å². The van der Waals surface area contributed by atoms with Gasteiger partial charge in [0.25, 0.3) is 0 Å². The minimum Gasteiger partial charge on any atom is -0.466 e. The number of ether oxygens (including phenoxy) is 2. The second-order valence-electron chi connectivity index (χ2n) is 3.20. The van der Waals surface area contributed by atoms with Crippen LogP contribution in [0.15, 0.2) is 0 Å². The molecule has 0 aromatic heterocycles. The number of nitriles is 1. The summed E-state index contributed by atoms with van der Waals surface area (Å²) in [6.07, 6.45) is 2.01. The van der Waals surface area contributed by atoms with Gasteiger partial charge in [-0.05, 0) is 6.42 Å². The number of rotatable bonds is 8. The van der Waals surface area contributed by atoms with E-state index in [0.717, 1.165) is 12.8 Å². The van der Waals surface area contributed by atoms with E-state index < -0.39 is 5.97 Å². The van der Waals surface area contributed by atoms with Crippen molar-refractivity contribution in [1.82, 2.24) is 0 Å². The van der Waals surface area contributed by atoms with Crippen molar-refractivity contribution in [1.29, 1.82) is 5.26 Å². The summed E-state index contributed by atoms with van der Waals surface area (Å²) < 4.78 is 9.55. The van der Waals surface area contributed by atoms with Crippen LogP contribution < -0.4 is 0 Å². The molecule has 0 heterocycles. The molecule has 0 aliphatic heterocycles. The van der Waals surface area contributed by atoms with Gasteiger partial charge < -0.3 is 9.47 Å². The van der Waals surface area contributed by atoms with Gasteiger partial charge in [0.05, 0.1) is 31.9 Å². The van der Waals surface area contributed by atoms with Crippen LogP contribution in [0.2, 0.25) is 0 Å². The first-order chi connectivity index (χ1) is 7.70. The van der Waals surface area contributed by atoms with E-state index in [0.29, 0.717) is 6.61 Å². The lowest BCUT2D eigenvalue weighted by atomic mass is 10.3. The largest absolute Gasteiger partial charge is 0.466 e. The lowest BCUT2D eigenvalue weighted by molar-refractivity contribution is -0.150. The molecule has 90 valence electrons. The molecule has 0 saturated heterocycles. The summed E-state index contributed by atoms with van der Waals surface area (Å²) in [5.74, 6) is -0.853. The van der Waals surface area contributed by atoms with E-state index in [9.17, 15) is 9.59 Å². The molecule has 0 aromatic carbocycles. The number of unbranched alkanes of at least 4 members (excludes halogenated alkanes) is 1. The average Bonchev–Trinajstić information content (AvgIpc) is 2.27. The highest BCUT2D eigenvalue weighted by Crippen LogP contribution is 1.98. The molecule has 0 saturated carbocycles. The van der Waals surface area contributed by atoms with Crippen LogP contribution in [0.4, 0.5) is 0 Å². The van der Waals surface area contributed by atoms with Crippen molar-refractivity contribution in [3.05, 3.63) is 0 Å². The van der Waals surface area contributed by atoms with Gasteiger partial charge in [-0.15, -0.1) is 0 Å². The number of nitrogens with zero attached hydrogens (tertiary/aromatic N) is 1. The third kappa shape index (κ3) is 9.00. The third-order valence-electron chi connectivity index (χ3n) is 1.77. The van der Waals surface area contributed by atoms with Gasteiger partial charge in [-0.25, -0.2) is 0 Å². The Hall–Kier alpha value is -1.57. The quantitative estimate of drug-likeness (QED) is 0.464. The zero-order valence-electron chi connectivity index (χ0n) is 9.53. The van der Waals surface area contributed by atoms with Gasteiger partial charge in [0, 0.05) is 0 Å². The summed E-state index contributed by atoms with van der Waals surface area (Å²) in [5, 5.41) is 8.20. The predicted octanol–water partition coefficient (Wildman–Crippen LogP) is 1.57. The molecule has 0 radical (unpaired) electrons. The highest BCUT2D eigenvalue weighted by molar-refractivity contribution is 5.77. The summed E-state index contributed by atoms with van der Waals surface area (Å²) in [7, 11) is 0. The van der Waals surface area contributed by atoms with E-state index >= 15 is 0 Å². The lowest BCUT2D eigenvalue weighted by Gasteiger charge is -2.03. The molecule has 0 unspecified atom stereocenters. The highest BCUT2D eigenvalue weighted by atomic mass is 16.5. The number of esters is 2. The Bertz CT molecular complexity index is 257. The van der Waals surface area contributed by atoms with Crippen LogP contribution in [0, 0.1) is 11.3 Å². The molecule has 0 spiro atoms. The number of carbonyl (C=O) groups is 2. The van der Waals surface area contributed by atoms with Gasteiger partial charge >= 0.3 is 11.9 Å². The van der Waals surface area contributed by atoms with E-state index in [4.69, 9.17) is 10.00 Å². The van der Waals surface area contributed by atoms with Crippen LogP contribution in [0.25, 0.3) is 0 Å². The minimum atomic E-state index is -0.470. The Kier molecular flexibility index (Phi) is 8.99. The first kappa shape index (κ1) is 14.4. The summed E-state index contributed by atoms with van der Waals surface area (Å²) in [6.45, 7) is 2.49. The third-order valence-corrected chi connectivity index (χ3v) is 1.77. The molecule has 0 aromatic rings. The average molecular weight is 227 g/mol. The Morgan fingerprint density at radius 1 is 1.12 bits per heavy atom. The van der Waals surface area contributed by atoms with Crippen molar-refractivity contribution < 1.29 is 19.1 Å². The van der Waals surface area contributed by atoms with Crippen LogP contribution >= 0.6 is 0 Å². The van der Waals surface area contributed by atoms with Crippen LogP contribution in [-0.2, 0) is 19.1 Å². The minimum absolute atomic E-state index is 0.0103. The monoisotopic (exact) mass is 227 g/mol. The second kappa shape index (κ2) is 9.97. The molecule has 0 N–H and O–H groups in total. The fourth-order valence-electron chi connectivity index (χ4n) is 0.889. The van der Waals surface area contributed by atoms with E-state index in [1.54, 1.807) is 0 Å². The van der Waals surface area contributed by atoms with Gasteiger partial charge in [0.15, 0.2) is 0 Å². The van der Waals surface area contributed by atoms with Gasteiger partial charge in [0.1, 0.15) is 6.61 Å². The molecule has 0 atom stereocenters. The van der Waals surface area contributed by atoms with Gasteiger partial charge in [-0.3, -0.25) is 9.59 Å². The van der Waals surface area contributed by atoms with Crippen LogP contribution in [0.3, 0.4) is 0 Å². The molecule has 0 bridgehead atoms. The molecular formula is C11H17NO4. The number of carbonyl (C=O) groups excluding carboxylic acids is 2. The van der Waals surface area contributed by atoms with E-state index in [1.807, 2.05) is 13.0 Å². The maximum atomic E-state index is 11.1. The number of hydrogen-bond donors (Lipinski definition) is 0. The molecule has 0 rings (SSSR count). The van der Waals surface area contributed by atoms with Crippen molar-refractivity contribution in [2.45, 2.75) is 39.0 Å². The first-order valence-electron chi connectivity index (χ1n) is 5.39. The molecule has 0 fully saturated rings. The summed E-state index contributed by atoms with van der Waals surface area (Å²) >= 11 is 0. The Morgan fingerprint density at radius 3 is 2.19 bits per heavy atom. The Morgan fingerprint density at radius 2 is 1.69 bits per heavy atom. The van der Waals surface area contributed by atoms with Crippen LogP contribution in [0.5, 0.6) is 0 Å². The summed E-state index contributed by atoms with van der Waals surface area (Å²) in [4.78, 5) is 22.1. The standard InChI is InChI=1S/C11H17NO4/c1-2-3-8-15-10(13)5-6-11(14)16-9-4-7-12/h2-6,8-9H2,1H3. The first-order valence-corrected chi connectivity index (χ1v) is 5.39. The maximum absolute atomic E-state index is 11.1. The van der Waals surface area contributed by atoms with Crippen LogP contribution in [0.1, 0.15) is 39.0 Å². The molecule has 0 amide bonds. The fourth-order valence-corrected chi connectivity index (χ4v) is 0.889. The second-order valence-corrected chi connectivity index (χ2v) is 3.20. The SMILES string of the molecule is CCCCOC(=O)CCC(=O)OCCC#N. The lowest BCUT2D eigenvalue weighted by Crippen LogP contribution is -2.11. The van der Waals surface area contributed by atoms with Crippen molar-refractivity contribution in [3.8, 4) is 6.07 Å². The smallest absolute Gasteiger partial charge is 0.306 e. The fraction of sp³-hybridized carbons (Fsp3) is 0.727. The zero-order valence-corrected chi connectivity index (χ0v) is 9.53. The topological polar surface area (TPSA) is 76.4 Å². The molecular weight excluding hydrogens is 210 g/mol. The molecule has 16 heavy (non-hydrogen) atoms. The Balaban J connectivity index is 3.44. The van der Waals surface area contributed by atoms with Crippen LogP contribution in [-0.4, -0.2) is 25.2 Å². The molecule has 5 heteroatoms.